The zero-order valence-electron chi connectivity index (χ0n) is 15.0. The zero-order chi connectivity index (χ0) is 17.6. The molecule has 3 atom stereocenters. The second-order valence-electron chi connectivity index (χ2n) is 7.21. The van der Waals surface area contributed by atoms with Crippen molar-refractivity contribution in [1.29, 1.82) is 0 Å². The van der Waals surface area contributed by atoms with Crippen molar-refractivity contribution >= 4 is 16.3 Å². The van der Waals surface area contributed by atoms with Gasteiger partial charge in [-0.05, 0) is 46.1 Å². The van der Waals surface area contributed by atoms with Crippen LogP contribution in [0.4, 0.5) is 0 Å². The highest BCUT2D eigenvalue weighted by Gasteiger charge is 2.36. The SMILES string of the molecule is Cc1cccc([C@H](c2sc3nc(C)nn3c2O)[NH+]2CCCC[C@@H]2C)c1. The van der Waals surface area contributed by atoms with Crippen molar-refractivity contribution < 1.29 is 10.0 Å². The molecular weight excluding hydrogens is 332 g/mol. The quantitative estimate of drug-likeness (QED) is 0.758. The number of hydrogen-bond donors (Lipinski definition) is 2. The molecule has 3 heterocycles. The van der Waals surface area contributed by atoms with Crippen molar-refractivity contribution in [2.75, 3.05) is 6.54 Å². The summed E-state index contributed by atoms with van der Waals surface area (Å²) in [4.78, 5) is 7.74. The van der Waals surface area contributed by atoms with Crippen LogP contribution in [-0.4, -0.2) is 32.3 Å². The second kappa shape index (κ2) is 6.42. The number of quaternary nitrogens is 1. The van der Waals surface area contributed by atoms with Gasteiger partial charge < -0.3 is 10.0 Å². The second-order valence-corrected chi connectivity index (χ2v) is 8.22. The molecule has 3 aromatic rings. The molecule has 132 valence electrons. The van der Waals surface area contributed by atoms with E-state index < -0.39 is 0 Å². The maximum Gasteiger partial charge on any atom is 0.235 e. The number of likely N-dealkylation sites (tertiary alicyclic amines) is 1. The van der Waals surface area contributed by atoms with Gasteiger partial charge in [-0.25, -0.2) is 4.98 Å². The number of aryl methyl sites for hydroxylation is 2. The Balaban J connectivity index is 1.86. The minimum absolute atomic E-state index is 0.129. The fourth-order valence-electron chi connectivity index (χ4n) is 4.06. The number of nitrogens with zero attached hydrogens (tertiary/aromatic N) is 3. The first-order valence-electron chi connectivity index (χ1n) is 9.02. The van der Waals surface area contributed by atoms with Gasteiger partial charge in [0.05, 0.1) is 12.6 Å². The van der Waals surface area contributed by atoms with E-state index in [0.29, 0.717) is 11.9 Å². The summed E-state index contributed by atoms with van der Waals surface area (Å²) in [6.07, 6.45) is 3.77. The normalized spacial score (nSPS) is 22.4. The maximum absolute atomic E-state index is 10.9. The van der Waals surface area contributed by atoms with Gasteiger partial charge >= 0.3 is 0 Å². The third kappa shape index (κ3) is 2.93. The van der Waals surface area contributed by atoms with Crippen LogP contribution < -0.4 is 4.90 Å². The van der Waals surface area contributed by atoms with Crippen LogP contribution >= 0.6 is 11.3 Å². The molecule has 0 saturated carbocycles. The molecule has 1 aliphatic heterocycles. The summed E-state index contributed by atoms with van der Waals surface area (Å²) in [7, 11) is 0. The summed E-state index contributed by atoms with van der Waals surface area (Å²) in [6.45, 7) is 7.44. The number of fused-ring (bicyclic) bond motifs is 1. The lowest BCUT2D eigenvalue weighted by molar-refractivity contribution is -0.952. The Bertz CT molecular complexity index is 900. The number of hydrogen-bond acceptors (Lipinski definition) is 4. The Kier molecular flexibility index (Phi) is 4.25. The van der Waals surface area contributed by atoms with Crippen molar-refractivity contribution in [1.82, 2.24) is 14.6 Å². The van der Waals surface area contributed by atoms with Gasteiger partial charge in [0.15, 0.2) is 6.04 Å². The molecule has 0 radical (unpaired) electrons. The molecule has 1 fully saturated rings. The van der Waals surface area contributed by atoms with Crippen molar-refractivity contribution in [2.24, 2.45) is 0 Å². The van der Waals surface area contributed by atoms with Crippen LogP contribution in [0.1, 0.15) is 54.1 Å². The number of piperidine rings is 1. The van der Waals surface area contributed by atoms with Crippen molar-refractivity contribution in [3.63, 3.8) is 0 Å². The highest BCUT2D eigenvalue weighted by Crippen LogP contribution is 2.35. The summed E-state index contributed by atoms with van der Waals surface area (Å²) < 4.78 is 1.59. The van der Waals surface area contributed by atoms with Gasteiger partial charge in [-0.15, -0.1) is 5.10 Å². The fourth-order valence-corrected chi connectivity index (χ4v) is 5.23. The van der Waals surface area contributed by atoms with Gasteiger partial charge in [0.25, 0.3) is 0 Å². The Labute approximate surface area is 151 Å². The van der Waals surface area contributed by atoms with E-state index in [9.17, 15) is 5.11 Å². The monoisotopic (exact) mass is 357 g/mol. The Morgan fingerprint density at radius 1 is 1.32 bits per heavy atom. The molecule has 0 aliphatic carbocycles. The van der Waals surface area contributed by atoms with Crippen LogP contribution in [0.2, 0.25) is 0 Å². The molecule has 4 rings (SSSR count). The van der Waals surface area contributed by atoms with E-state index in [-0.39, 0.29) is 11.9 Å². The van der Waals surface area contributed by atoms with E-state index in [2.05, 4.69) is 48.2 Å². The van der Waals surface area contributed by atoms with E-state index in [1.165, 1.54) is 35.3 Å². The van der Waals surface area contributed by atoms with Crippen LogP contribution in [0, 0.1) is 13.8 Å². The number of rotatable bonds is 3. The molecule has 2 N–H and O–H groups in total. The third-order valence-corrected chi connectivity index (χ3v) is 6.38. The number of aromatic hydroxyl groups is 1. The van der Waals surface area contributed by atoms with E-state index in [4.69, 9.17) is 0 Å². The average molecular weight is 358 g/mol. The molecule has 5 nitrogen and oxygen atoms in total. The predicted octanol–water partition coefficient (Wildman–Crippen LogP) is 2.66. The lowest BCUT2D eigenvalue weighted by Gasteiger charge is -2.36. The Morgan fingerprint density at radius 2 is 2.16 bits per heavy atom. The van der Waals surface area contributed by atoms with Crippen molar-refractivity contribution in [3.8, 4) is 5.88 Å². The largest absolute Gasteiger partial charge is 0.492 e. The topological polar surface area (TPSA) is 54.9 Å². The van der Waals surface area contributed by atoms with Crippen LogP contribution in [0.15, 0.2) is 24.3 Å². The highest BCUT2D eigenvalue weighted by molar-refractivity contribution is 7.17. The first-order chi connectivity index (χ1) is 12.0. The van der Waals surface area contributed by atoms with Gasteiger partial charge in [0.2, 0.25) is 10.8 Å². The maximum atomic E-state index is 10.9. The van der Waals surface area contributed by atoms with Crippen LogP contribution in [0.25, 0.3) is 4.96 Å². The molecule has 0 amide bonds. The van der Waals surface area contributed by atoms with E-state index in [1.54, 1.807) is 15.9 Å². The van der Waals surface area contributed by atoms with Gasteiger partial charge in [-0.3, -0.25) is 0 Å². The van der Waals surface area contributed by atoms with Gasteiger partial charge in [-0.2, -0.15) is 4.52 Å². The molecule has 25 heavy (non-hydrogen) atoms. The minimum Gasteiger partial charge on any atom is -0.492 e. The Morgan fingerprint density at radius 3 is 2.88 bits per heavy atom. The summed E-state index contributed by atoms with van der Waals surface area (Å²) in [6, 6.07) is 9.38. The molecule has 6 heteroatoms. The van der Waals surface area contributed by atoms with Gasteiger partial charge in [-0.1, -0.05) is 35.1 Å². The van der Waals surface area contributed by atoms with Crippen molar-refractivity contribution in [2.45, 2.75) is 52.1 Å². The molecule has 0 bridgehead atoms. The van der Waals surface area contributed by atoms with E-state index >= 15 is 0 Å². The molecule has 1 aliphatic rings. The standard InChI is InChI=1S/C19H24N4OS/c1-12-7-6-9-15(11-12)16(22-10-5-4-8-13(22)2)17-18(24)23-19(25-17)20-14(3)21-23/h6-7,9,11,13,16,24H,4-5,8,10H2,1-3H3/p+1/t13-,16+/m0/s1. The number of benzene rings is 1. The lowest BCUT2D eigenvalue weighted by atomic mass is 9.95. The summed E-state index contributed by atoms with van der Waals surface area (Å²) in [5.41, 5.74) is 2.52. The molecule has 2 aromatic heterocycles. The van der Waals surface area contributed by atoms with Gasteiger partial charge in [0, 0.05) is 5.56 Å². The number of thiazole rings is 1. The Hall–Kier alpha value is -1.92. The summed E-state index contributed by atoms with van der Waals surface area (Å²) in [5.74, 6) is 0.941. The van der Waals surface area contributed by atoms with Crippen LogP contribution in [0.5, 0.6) is 5.88 Å². The molecule has 1 saturated heterocycles. The molecule has 1 aromatic carbocycles. The van der Waals surface area contributed by atoms with Crippen molar-refractivity contribution in [3.05, 3.63) is 46.1 Å². The third-order valence-electron chi connectivity index (χ3n) is 5.30. The van der Waals surface area contributed by atoms with Gasteiger partial charge in [0.1, 0.15) is 10.7 Å². The molecular formula is C19H25N4OS+. The number of nitrogens with one attached hydrogen (secondary N) is 1. The minimum atomic E-state index is 0.129. The lowest BCUT2D eigenvalue weighted by Crippen LogP contribution is -3.16. The van der Waals surface area contributed by atoms with Crippen LogP contribution in [-0.2, 0) is 0 Å². The highest BCUT2D eigenvalue weighted by atomic mass is 32.1. The molecule has 1 unspecified atom stereocenters. The van der Waals surface area contributed by atoms with Crippen LogP contribution in [0.3, 0.4) is 0 Å². The average Bonchev–Trinajstić information content (AvgIpc) is 3.08. The fraction of sp³-hybridized carbons (Fsp3) is 0.474. The predicted molar refractivity (Wildman–Crippen MR) is 99.4 cm³/mol. The van der Waals surface area contributed by atoms with E-state index in [0.717, 1.165) is 16.4 Å². The first-order valence-corrected chi connectivity index (χ1v) is 9.83. The number of aromatic nitrogens is 3. The molecule has 0 spiro atoms. The first kappa shape index (κ1) is 16.5. The summed E-state index contributed by atoms with van der Waals surface area (Å²) >= 11 is 1.57. The zero-order valence-corrected chi connectivity index (χ0v) is 15.8. The smallest absolute Gasteiger partial charge is 0.235 e. The summed E-state index contributed by atoms with van der Waals surface area (Å²) in [5, 5.41) is 15.2. The van der Waals surface area contributed by atoms with E-state index in [1.807, 2.05) is 6.92 Å².